The van der Waals surface area contributed by atoms with Crippen molar-refractivity contribution in [2.45, 2.75) is 115 Å². The summed E-state index contributed by atoms with van der Waals surface area (Å²) in [5, 5.41) is 11.5. The molecular weight excluding hydrogens is 488 g/mol. The van der Waals surface area contributed by atoms with Crippen LogP contribution in [0.4, 0.5) is 0 Å². The van der Waals surface area contributed by atoms with Crippen LogP contribution in [0.15, 0.2) is 11.6 Å². The number of epoxide rings is 2. The fraction of sp³-hybridized carbons (Fsp3) is 0.769. The molecule has 11 heteroatoms. The van der Waals surface area contributed by atoms with E-state index >= 15 is 0 Å². The van der Waals surface area contributed by atoms with Crippen LogP contribution in [-0.2, 0) is 47.6 Å². The van der Waals surface area contributed by atoms with Crippen molar-refractivity contribution < 1.29 is 52.7 Å². The predicted molar refractivity (Wildman–Crippen MR) is 123 cm³/mol. The number of fused-ring (bicyclic) bond motifs is 3. The van der Waals surface area contributed by atoms with Crippen molar-refractivity contribution in [1.82, 2.24) is 0 Å². The summed E-state index contributed by atoms with van der Waals surface area (Å²) < 4.78 is 35.7. The van der Waals surface area contributed by atoms with Crippen molar-refractivity contribution in [1.29, 1.82) is 0 Å². The summed E-state index contributed by atoms with van der Waals surface area (Å²) in [5.74, 6) is -3.26. The van der Waals surface area contributed by atoms with Gasteiger partial charge in [-0.25, -0.2) is 4.79 Å². The largest absolute Gasteiger partial charge is 0.462 e. The van der Waals surface area contributed by atoms with E-state index in [1.54, 1.807) is 26.8 Å². The molecule has 1 saturated carbocycles. The van der Waals surface area contributed by atoms with E-state index in [0.29, 0.717) is 5.57 Å². The van der Waals surface area contributed by atoms with E-state index < -0.39 is 82.5 Å². The van der Waals surface area contributed by atoms with Gasteiger partial charge in [0.15, 0.2) is 17.3 Å². The summed E-state index contributed by atoms with van der Waals surface area (Å²) in [6.07, 6.45) is -3.67. The van der Waals surface area contributed by atoms with Crippen molar-refractivity contribution in [3.63, 3.8) is 0 Å². The normalized spacial score (nSPS) is 49.6. The monoisotopic (exact) mass is 522 g/mol. The van der Waals surface area contributed by atoms with Gasteiger partial charge in [-0.1, -0.05) is 12.5 Å². The van der Waals surface area contributed by atoms with Crippen LogP contribution in [0, 0.1) is 11.3 Å². The lowest BCUT2D eigenvalue weighted by Crippen LogP contribution is -2.68. The highest BCUT2D eigenvalue weighted by atomic mass is 16.7. The van der Waals surface area contributed by atoms with Gasteiger partial charge in [0.1, 0.15) is 18.3 Å². The van der Waals surface area contributed by atoms with Crippen LogP contribution in [0.3, 0.4) is 0 Å². The van der Waals surface area contributed by atoms with Crippen molar-refractivity contribution in [3.05, 3.63) is 11.6 Å². The number of hydrogen-bond donors (Lipinski definition) is 1. The highest BCUT2D eigenvalue weighted by Gasteiger charge is 2.89. The van der Waals surface area contributed by atoms with Gasteiger partial charge >= 0.3 is 23.9 Å². The molecule has 3 aliphatic heterocycles. The molecule has 11 unspecified atom stereocenters. The lowest BCUT2D eigenvalue weighted by Gasteiger charge is -2.54. The lowest BCUT2D eigenvalue weighted by molar-refractivity contribution is -0.224. The van der Waals surface area contributed by atoms with Crippen LogP contribution in [0.5, 0.6) is 0 Å². The number of carbonyl (C=O) groups is 4. The fourth-order valence-corrected chi connectivity index (χ4v) is 7.41. The standard InChI is InChI=1S/C26H34O11/c1-11-8-15(30)20(33-13(3)28)23(5)16(32-12(2)27)10-17-24(6,36-17)19(23)21(34-14(4)29)26-18(9-11)35-22(31)25(26,7)37-26/h9,15-21,30H,8,10H2,1-7H3. The maximum absolute atomic E-state index is 13.0. The van der Waals surface area contributed by atoms with Crippen molar-refractivity contribution >= 4 is 23.9 Å². The van der Waals surface area contributed by atoms with E-state index in [2.05, 4.69) is 0 Å². The van der Waals surface area contributed by atoms with Crippen LogP contribution < -0.4 is 0 Å². The molecule has 5 aliphatic rings. The molecular formula is C26H34O11. The Morgan fingerprint density at radius 1 is 1.00 bits per heavy atom. The van der Waals surface area contributed by atoms with E-state index in [0.717, 1.165) is 0 Å². The van der Waals surface area contributed by atoms with Gasteiger partial charge < -0.3 is 33.5 Å². The quantitative estimate of drug-likeness (QED) is 0.246. The third-order valence-electron chi connectivity index (χ3n) is 9.06. The molecule has 0 amide bonds. The van der Waals surface area contributed by atoms with Gasteiger partial charge in [-0.3, -0.25) is 14.4 Å². The molecule has 0 bridgehead atoms. The minimum Gasteiger partial charge on any atom is -0.462 e. The number of rotatable bonds is 3. The minimum atomic E-state index is -1.40. The van der Waals surface area contributed by atoms with Gasteiger partial charge in [0.2, 0.25) is 0 Å². The molecule has 1 N–H and O–H groups in total. The topological polar surface area (TPSA) is 150 Å². The van der Waals surface area contributed by atoms with Crippen LogP contribution >= 0.6 is 0 Å². The Balaban J connectivity index is 1.79. The molecule has 5 rings (SSSR count). The van der Waals surface area contributed by atoms with Gasteiger partial charge in [-0.15, -0.1) is 0 Å². The Labute approximate surface area is 214 Å². The third-order valence-corrected chi connectivity index (χ3v) is 9.06. The van der Waals surface area contributed by atoms with Crippen molar-refractivity contribution in [3.8, 4) is 0 Å². The first-order valence-corrected chi connectivity index (χ1v) is 12.6. The maximum Gasteiger partial charge on any atom is 0.342 e. The maximum atomic E-state index is 13.0. The molecule has 3 saturated heterocycles. The van der Waals surface area contributed by atoms with E-state index in [-0.39, 0.29) is 18.9 Å². The molecule has 4 fully saturated rings. The van der Waals surface area contributed by atoms with Crippen molar-refractivity contribution in [2.24, 2.45) is 11.3 Å². The van der Waals surface area contributed by atoms with Gasteiger partial charge in [0.25, 0.3) is 0 Å². The molecule has 11 nitrogen and oxygen atoms in total. The van der Waals surface area contributed by atoms with E-state index in [1.165, 1.54) is 20.8 Å². The van der Waals surface area contributed by atoms with E-state index in [9.17, 15) is 24.3 Å². The molecule has 1 spiro atoms. The average molecular weight is 523 g/mol. The number of aliphatic hydroxyl groups excluding tert-OH is 1. The molecule has 0 aromatic carbocycles. The first-order valence-electron chi connectivity index (χ1n) is 12.6. The Bertz CT molecular complexity index is 1100. The second kappa shape index (κ2) is 8.00. The van der Waals surface area contributed by atoms with Gasteiger partial charge in [0, 0.05) is 33.1 Å². The summed E-state index contributed by atoms with van der Waals surface area (Å²) in [6.45, 7) is 10.7. The molecule has 0 aromatic heterocycles. The SMILES string of the molecule is CC(=O)OC1CC2OC2(C)C2C(OC(C)=O)C34OC3(C)C(=O)OC4C=C(C)CC(O)C(OC(C)=O)C12C. The van der Waals surface area contributed by atoms with Gasteiger partial charge in [0.05, 0.1) is 23.2 Å². The predicted octanol–water partition coefficient (Wildman–Crippen LogP) is 1.13. The van der Waals surface area contributed by atoms with E-state index in [4.69, 9.17) is 28.4 Å². The first-order chi connectivity index (χ1) is 17.1. The number of carbonyl (C=O) groups excluding carboxylic acids is 4. The third kappa shape index (κ3) is 3.50. The zero-order valence-corrected chi connectivity index (χ0v) is 22.1. The molecule has 2 aliphatic carbocycles. The molecule has 37 heavy (non-hydrogen) atoms. The summed E-state index contributed by atoms with van der Waals surface area (Å²) in [4.78, 5) is 50.2. The summed E-state index contributed by atoms with van der Waals surface area (Å²) in [6, 6.07) is 0. The Morgan fingerprint density at radius 3 is 2.16 bits per heavy atom. The second-order valence-corrected chi connectivity index (χ2v) is 11.6. The average Bonchev–Trinajstić information content (AvgIpc) is 3.59. The second-order valence-electron chi connectivity index (χ2n) is 11.6. The molecule has 3 heterocycles. The lowest BCUT2D eigenvalue weighted by atomic mass is 9.53. The van der Waals surface area contributed by atoms with Crippen LogP contribution in [-0.4, -0.2) is 82.4 Å². The van der Waals surface area contributed by atoms with E-state index in [1.807, 2.05) is 6.92 Å². The Hall–Kier alpha value is -2.50. The summed E-state index contributed by atoms with van der Waals surface area (Å²) >= 11 is 0. The highest BCUT2D eigenvalue weighted by molar-refractivity contribution is 5.89. The Morgan fingerprint density at radius 2 is 1.59 bits per heavy atom. The summed E-state index contributed by atoms with van der Waals surface area (Å²) in [7, 11) is 0. The number of ether oxygens (including phenoxy) is 6. The Kier molecular flexibility index (Phi) is 5.65. The van der Waals surface area contributed by atoms with Gasteiger partial charge in [-0.2, -0.15) is 0 Å². The molecule has 0 radical (unpaired) electrons. The number of hydrogen-bond acceptors (Lipinski definition) is 11. The molecule has 204 valence electrons. The minimum absolute atomic E-state index is 0.0765. The summed E-state index contributed by atoms with van der Waals surface area (Å²) in [5.41, 5.74) is -4.41. The van der Waals surface area contributed by atoms with Gasteiger partial charge in [-0.05, 0) is 33.3 Å². The zero-order chi connectivity index (χ0) is 27.3. The van der Waals surface area contributed by atoms with Crippen LogP contribution in [0.2, 0.25) is 0 Å². The zero-order valence-electron chi connectivity index (χ0n) is 22.1. The molecule has 0 aromatic rings. The van der Waals surface area contributed by atoms with Crippen LogP contribution in [0.25, 0.3) is 0 Å². The number of esters is 4. The first kappa shape index (κ1) is 26.1. The number of aliphatic hydroxyl groups is 1. The van der Waals surface area contributed by atoms with Crippen molar-refractivity contribution in [2.75, 3.05) is 0 Å². The highest BCUT2D eigenvalue weighted by Crippen LogP contribution is 2.69. The van der Waals surface area contributed by atoms with Crippen LogP contribution in [0.1, 0.15) is 61.3 Å². The fourth-order valence-electron chi connectivity index (χ4n) is 7.41. The smallest absolute Gasteiger partial charge is 0.342 e. The molecule has 11 atom stereocenters.